The van der Waals surface area contributed by atoms with E-state index in [1.807, 2.05) is 0 Å². The molecule has 72 valence electrons. The van der Waals surface area contributed by atoms with E-state index in [1.54, 1.807) is 0 Å². The Balaban J connectivity index is 2.12. The minimum absolute atomic E-state index is 0.222. The maximum absolute atomic E-state index is 8.56. The van der Waals surface area contributed by atoms with Gasteiger partial charge in [-0.1, -0.05) is 6.42 Å². The minimum Gasteiger partial charge on any atom is -0.396 e. The van der Waals surface area contributed by atoms with Crippen LogP contribution in [0.25, 0.3) is 0 Å². The Labute approximate surface area is 73.9 Å². The maximum atomic E-state index is 8.56. The average Bonchev–Trinajstić information content (AvgIpc) is 2.52. The lowest BCUT2D eigenvalue weighted by Crippen LogP contribution is -2.25. The van der Waals surface area contributed by atoms with Crippen LogP contribution in [0, 0.1) is 5.92 Å². The van der Waals surface area contributed by atoms with Gasteiger partial charge in [0.25, 0.3) is 0 Å². The van der Waals surface area contributed by atoms with Crippen molar-refractivity contribution in [1.82, 2.24) is 0 Å². The summed E-state index contributed by atoms with van der Waals surface area (Å²) < 4.78 is 5.61. The number of hydrogen-bond donors (Lipinski definition) is 2. The van der Waals surface area contributed by atoms with Gasteiger partial charge in [-0.15, -0.1) is 0 Å². The van der Waals surface area contributed by atoms with Crippen LogP contribution in [-0.2, 0) is 4.74 Å². The Bertz CT molecular complexity index is 119. The summed E-state index contributed by atoms with van der Waals surface area (Å²) in [5, 5.41) is 8.56. The smallest absolute Gasteiger partial charge is 0.0615 e. The van der Waals surface area contributed by atoms with Crippen LogP contribution in [0.3, 0.4) is 0 Å². The summed E-state index contributed by atoms with van der Waals surface area (Å²) in [4.78, 5) is 0. The number of ether oxygens (including phenoxy) is 1. The van der Waals surface area contributed by atoms with Gasteiger partial charge in [0.05, 0.1) is 6.10 Å². The summed E-state index contributed by atoms with van der Waals surface area (Å²) in [6.45, 7) is 1.64. The molecule has 3 heteroatoms. The lowest BCUT2D eigenvalue weighted by atomic mass is 10.1. The van der Waals surface area contributed by atoms with Gasteiger partial charge in [0, 0.05) is 13.2 Å². The SMILES string of the molecule is NCC1CCCC1OCCCO. The summed E-state index contributed by atoms with van der Waals surface area (Å²) in [5.74, 6) is 0.559. The molecule has 2 unspecified atom stereocenters. The zero-order chi connectivity index (χ0) is 8.81. The monoisotopic (exact) mass is 173 g/mol. The molecule has 1 rings (SSSR count). The molecule has 0 heterocycles. The van der Waals surface area contributed by atoms with Crippen LogP contribution in [0.4, 0.5) is 0 Å². The van der Waals surface area contributed by atoms with Gasteiger partial charge in [0.2, 0.25) is 0 Å². The average molecular weight is 173 g/mol. The molecule has 0 bridgehead atoms. The number of hydrogen-bond acceptors (Lipinski definition) is 3. The molecule has 1 aliphatic rings. The molecule has 12 heavy (non-hydrogen) atoms. The van der Waals surface area contributed by atoms with Crippen LogP contribution < -0.4 is 5.73 Å². The highest BCUT2D eigenvalue weighted by atomic mass is 16.5. The van der Waals surface area contributed by atoms with E-state index in [2.05, 4.69) is 0 Å². The third-order valence-electron chi connectivity index (χ3n) is 2.53. The Kier molecular flexibility index (Phi) is 4.58. The molecule has 1 fully saturated rings. The van der Waals surface area contributed by atoms with E-state index in [0.29, 0.717) is 18.6 Å². The topological polar surface area (TPSA) is 55.5 Å². The van der Waals surface area contributed by atoms with Crippen molar-refractivity contribution in [2.24, 2.45) is 11.7 Å². The summed E-state index contributed by atoms with van der Waals surface area (Å²) >= 11 is 0. The predicted octanol–water partition coefficient (Wildman–Crippen LogP) is 0.513. The first-order valence-corrected chi connectivity index (χ1v) is 4.81. The van der Waals surface area contributed by atoms with Crippen LogP contribution >= 0.6 is 0 Å². The van der Waals surface area contributed by atoms with Crippen molar-refractivity contribution in [3.63, 3.8) is 0 Å². The molecule has 0 saturated heterocycles. The van der Waals surface area contributed by atoms with Crippen molar-refractivity contribution in [1.29, 1.82) is 0 Å². The molecule has 0 spiro atoms. The molecule has 0 aromatic rings. The van der Waals surface area contributed by atoms with Crippen molar-refractivity contribution < 1.29 is 9.84 Å². The van der Waals surface area contributed by atoms with Crippen LogP contribution in [0.15, 0.2) is 0 Å². The quantitative estimate of drug-likeness (QED) is 0.596. The fraction of sp³-hybridized carbons (Fsp3) is 1.00. The maximum Gasteiger partial charge on any atom is 0.0615 e. The van der Waals surface area contributed by atoms with E-state index in [9.17, 15) is 0 Å². The second-order valence-corrected chi connectivity index (χ2v) is 3.41. The molecule has 1 aliphatic carbocycles. The lowest BCUT2D eigenvalue weighted by molar-refractivity contribution is 0.0228. The Hall–Kier alpha value is -0.120. The molecule has 0 radical (unpaired) electrons. The normalized spacial score (nSPS) is 29.5. The summed E-state index contributed by atoms with van der Waals surface area (Å²) in [6.07, 6.45) is 4.70. The van der Waals surface area contributed by atoms with Crippen molar-refractivity contribution in [2.45, 2.75) is 31.8 Å². The highest BCUT2D eigenvalue weighted by Crippen LogP contribution is 2.27. The van der Waals surface area contributed by atoms with E-state index >= 15 is 0 Å². The van der Waals surface area contributed by atoms with E-state index in [4.69, 9.17) is 15.6 Å². The molecule has 3 nitrogen and oxygen atoms in total. The fourth-order valence-corrected chi connectivity index (χ4v) is 1.79. The van der Waals surface area contributed by atoms with Gasteiger partial charge < -0.3 is 15.6 Å². The largest absolute Gasteiger partial charge is 0.396 e. The first kappa shape index (κ1) is 9.96. The van der Waals surface area contributed by atoms with Gasteiger partial charge in [-0.2, -0.15) is 0 Å². The highest BCUT2D eigenvalue weighted by Gasteiger charge is 2.26. The lowest BCUT2D eigenvalue weighted by Gasteiger charge is -2.18. The zero-order valence-electron chi connectivity index (χ0n) is 7.54. The number of aliphatic hydroxyl groups is 1. The van der Waals surface area contributed by atoms with Gasteiger partial charge in [0.1, 0.15) is 0 Å². The molecule has 2 atom stereocenters. The molecule has 1 saturated carbocycles. The third kappa shape index (κ3) is 2.73. The number of nitrogens with two attached hydrogens (primary N) is 1. The van der Waals surface area contributed by atoms with Crippen LogP contribution in [0.2, 0.25) is 0 Å². The van der Waals surface area contributed by atoms with E-state index < -0.39 is 0 Å². The third-order valence-corrected chi connectivity index (χ3v) is 2.53. The Morgan fingerprint density at radius 1 is 1.42 bits per heavy atom. The fourth-order valence-electron chi connectivity index (χ4n) is 1.79. The van der Waals surface area contributed by atoms with E-state index in [0.717, 1.165) is 19.4 Å². The van der Waals surface area contributed by atoms with Crippen LogP contribution in [0.5, 0.6) is 0 Å². The minimum atomic E-state index is 0.222. The van der Waals surface area contributed by atoms with Crippen LogP contribution in [-0.4, -0.2) is 31.0 Å². The van der Waals surface area contributed by atoms with E-state index in [1.165, 1.54) is 12.8 Å². The molecular formula is C9H19NO2. The van der Waals surface area contributed by atoms with Crippen molar-refractivity contribution >= 4 is 0 Å². The molecule has 0 aliphatic heterocycles. The molecule has 3 N–H and O–H groups in total. The van der Waals surface area contributed by atoms with Crippen molar-refractivity contribution in [2.75, 3.05) is 19.8 Å². The Morgan fingerprint density at radius 3 is 2.92 bits per heavy atom. The first-order valence-electron chi connectivity index (χ1n) is 4.81. The van der Waals surface area contributed by atoms with Gasteiger partial charge >= 0.3 is 0 Å². The van der Waals surface area contributed by atoms with Gasteiger partial charge in [0.15, 0.2) is 0 Å². The molecule has 0 aromatic heterocycles. The standard InChI is InChI=1S/C9H19NO2/c10-7-8-3-1-4-9(8)12-6-2-5-11/h8-9,11H,1-7,10H2. The summed E-state index contributed by atoms with van der Waals surface area (Å²) in [7, 11) is 0. The summed E-state index contributed by atoms with van der Waals surface area (Å²) in [5.41, 5.74) is 5.60. The van der Waals surface area contributed by atoms with Crippen molar-refractivity contribution in [3.05, 3.63) is 0 Å². The van der Waals surface area contributed by atoms with Gasteiger partial charge in [-0.3, -0.25) is 0 Å². The summed E-state index contributed by atoms with van der Waals surface area (Å²) in [6, 6.07) is 0. The number of aliphatic hydroxyl groups excluding tert-OH is 1. The van der Waals surface area contributed by atoms with E-state index in [-0.39, 0.29) is 6.61 Å². The predicted molar refractivity (Wildman–Crippen MR) is 47.8 cm³/mol. The van der Waals surface area contributed by atoms with Gasteiger partial charge in [-0.25, -0.2) is 0 Å². The first-order chi connectivity index (χ1) is 5.88. The van der Waals surface area contributed by atoms with Crippen molar-refractivity contribution in [3.8, 4) is 0 Å². The molecular weight excluding hydrogens is 154 g/mol. The zero-order valence-corrected chi connectivity index (χ0v) is 7.54. The second-order valence-electron chi connectivity index (χ2n) is 3.41. The van der Waals surface area contributed by atoms with Crippen LogP contribution in [0.1, 0.15) is 25.7 Å². The molecule has 0 aromatic carbocycles. The number of rotatable bonds is 5. The Morgan fingerprint density at radius 2 is 2.25 bits per heavy atom. The second kappa shape index (κ2) is 5.51. The molecule has 0 amide bonds. The highest BCUT2D eigenvalue weighted by molar-refractivity contribution is 4.78. The van der Waals surface area contributed by atoms with Gasteiger partial charge in [-0.05, 0) is 31.7 Å².